The molecule has 3 rings (SSSR count). The number of methoxy groups -OCH3 is 1. The van der Waals surface area contributed by atoms with E-state index < -0.39 is 68.1 Å². The van der Waals surface area contributed by atoms with E-state index in [0.29, 0.717) is 0 Å². The van der Waals surface area contributed by atoms with Gasteiger partial charge >= 0.3 is 11.8 Å². The highest BCUT2D eigenvalue weighted by atomic mass is 32.2. The van der Waals surface area contributed by atoms with Gasteiger partial charge in [-0.15, -0.1) is 0 Å². The molecule has 1 fully saturated rings. The second kappa shape index (κ2) is 11.4. The second-order valence-corrected chi connectivity index (χ2v) is 25.2. The number of aryl methyl sites for hydroxylation is 1. The predicted molar refractivity (Wildman–Crippen MR) is 166 cm³/mol. The average molecular weight is 662 g/mol. The van der Waals surface area contributed by atoms with Gasteiger partial charge in [-0.2, -0.15) is 8.42 Å². The molecule has 1 N–H and O–H groups in total. The van der Waals surface area contributed by atoms with Crippen molar-refractivity contribution in [3.05, 3.63) is 43.7 Å². The summed E-state index contributed by atoms with van der Waals surface area (Å²) in [4.78, 5) is 38.7. The lowest BCUT2D eigenvalue weighted by molar-refractivity contribution is -0.0572. The first-order valence-corrected chi connectivity index (χ1v) is 21.4. The van der Waals surface area contributed by atoms with Gasteiger partial charge in [0.1, 0.15) is 12.2 Å². The van der Waals surface area contributed by atoms with Crippen molar-refractivity contribution in [3.63, 3.8) is 0 Å². The Morgan fingerprint density at radius 3 is 2.14 bits per heavy atom. The molecule has 0 bridgehead atoms. The average Bonchev–Trinajstić information content (AvgIpc) is 3.29. The minimum Gasteiger partial charge on any atom is -0.453 e. The molecule has 2 aliphatic rings. The van der Waals surface area contributed by atoms with Crippen molar-refractivity contribution in [1.82, 2.24) is 14.5 Å². The van der Waals surface area contributed by atoms with E-state index >= 15 is 0 Å². The van der Waals surface area contributed by atoms with Crippen molar-refractivity contribution in [2.24, 2.45) is 7.05 Å². The maximum absolute atomic E-state index is 13.5. The van der Waals surface area contributed by atoms with Crippen molar-refractivity contribution < 1.29 is 35.7 Å². The van der Waals surface area contributed by atoms with E-state index in [-0.39, 0.29) is 27.9 Å². The quantitative estimate of drug-likeness (QED) is 0.340. The molecule has 0 aromatic carbocycles. The van der Waals surface area contributed by atoms with E-state index in [1.807, 2.05) is 47.0 Å². The van der Waals surface area contributed by atoms with Crippen LogP contribution in [0.5, 0.6) is 0 Å². The van der Waals surface area contributed by atoms with Crippen LogP contribution in [0.1, 0.15) is 53.3 Å². The Labute approximate surface area is 255 Å². The first-order chi connectivity index (χ1) is 19.3. The minimum atomic E-state index is -4.38. The van der Waals surface area contributed by atoms with Crippen LogP contribution in [-0.4, -0.2) is 71.8 Å². The Balaban J connectivity index is 2.36. The molecule has 1 amide bonds. The molecule has 0 unspecified atom stereocenters. The molecule has 4 atom stereocenters. The highest BCUT2D eigenvalue weighted by molar-refractivity contribution is 7.90. The predicted octanol–water partition coefficient (Wildman–Crippen LogP) is 3.46. The summed E-state index contributed by atoms with van der Waals surface area (Å²) in [6.07, 6.45) is -3.29. The third-order valence-corrected chi connectivity index (χ3v) is 19.2. The molecule has 13 nitrogen and oxygen atoms in total. The summed E-state index contributed by atoms with van der Waals surface area (Å²) in [5.41, 5.74) is -3.06. The Morgan fingerprint density at radius 1 is 1.07 bits per heavy atom. The number of amides is 1. The minimum absolute atomic E-state index is 0.139. The van der Waals surface area contributed by atoms with Crippen LogP contribution in [0.3, 0.4) is 0 Å². The summed E-state index contributed by atoms with van der Waals surface area (Å²) in [7, 11) is -7.10. The zero-order chi connectivity index (χ0) is 33.1. The summed E-state index contributed by atoms with van der Waals surface area (Å²) >= 11 is 0. The van der Waals surface area contributed by atoms with Gasteiger partial charge in [0.25, 0.3) is 15.7 Å². The van der Waals surface area contributed by atoms with Crippen LogP contribution in [0.25, 0.3) is 0 Å². The van der Waals surface area contributed by atoms with Crippen LogP contribution in [0.15, 0.2) is 26.9 Å². The molecule has 3 heterocycles. The Morgan fingerprint density at radius 2 is 1.63 bits per heavy atom. The molecule has 0 radical (unpaired) electrons. The summed E-state index contributed by atoms with van der Waals surface area (Å²) in [5.74, 6) is 0. The van der Waals surface area contributed by atoms with Crippen molar-refractivity contribution in [2.75, 3.05) is 13.7 Å². The monoisotopic (exact) mass is 661 g/mol. The van der Waals surface area contributed by atoms with Crippen LogP contribution in [0, 0.1) is 6.92 Å². The standard InChI is InChI=1S/C27H47N3O10SSi2/c1-17-14-30(24(33)29(8)21(17)31)22-20(39-43(12,13)26(5,6)7)27(18(28-23(32)36-9)16-41(34,35)40-27)19(38-22)15-37-42(10,11)25(2,3)4/h14,16,19-20,22H,15H2,1-13H3,(H,28,32)/t19-,20+,22-,27-/m1/s1. The van der Waals surface area contributed by atoms with Crippen LogP contribution in [0.2, 0.25) is 36.3 Å². The lowest BCUT2D eigenvalue weighted by Crippen LogP contribution is -2.60. The largest absolute Gasteiger partial charge is 0.453 e. The molecule has 1 saturated heterocycles. The van der Waals surface area contributed by atoms with Crippen LogP contribution in [0.4, 0.5) is 4.79 Å². The number of hydrogen-bond donors (Lipinski definition) is 1. The Kier molecular flexibility index (Phi) is 9.36. The lowest BCUT2D eigenvalue weighted by atomic mass is 9.89. The molecule has 1 aromatic heterocycles. The van der Waals surface area contributed by atoms with Crippen LogP contribution in [-0.2, 0) is 39.7 Å². The number of carbonyl (C=O) groups is 1. The summed E-state index contributed by atoms with van der Waals surface area (Å²) in [6.45, 7) is 21.6. The third-order valence-electron chi connectivity index (χ3n) is 9.21. The van der Waals surface area contributed by atoms with Gasteiger partial charge in [0.15, 0.2) is 28.5 Å². The Hall–Kier alpha value is -2.09. The van der Waals surface area contributed by atoms with Crippen molar-refractivity contribution in [3.8, 4) is 0 Å². The van der Waals surface area contributed by atoms with E-state index in [1.54, 1.807) is 6.92 Å². The van der Waals surface area contributed by atoms with Crippen LogP contribution >= 0.6 is 0 Å². The molecule has 43 heavy (non-hydrogen) atoms. The van der Waals surface area contributed by atoms with Gasteiger partial charge in [-0.3, -0.25) is 19.2 Å². The van der Waals surface area contributed by atoms with E-state index in [1.165, 1.54) is 17.8 Å². The fourth-order valence-corrected chi connectivity index (χ4v) is 8.03. The molecule has 0 saturated carbocycles. The van der Waals surface area contributed by atoms with Crippen molar-refractivity contribution >= 4 is 32.8 Å². The highest BCUT2D eigenvalue weighted by Gasteiger charge is 2.68. The summed E-state index contributed by atoms with van der Waals surface area (Å²) < 4.78 is 59.3. The van der Waals surface area contributed by atoms with Gasteiger partial charge in [0.05, 0.1) is 24.8 Å². The number of rotatable bonds is 7. The number of aromatic nitrogens is 2. The molecule has 16 heteroatoms. The maximum Gasteiger partial charge on any atom is 0.411 e. The molecular formula is C27H47N3O10SSi2. The molecule has 1 aromatic rings. The van der Waals surface area contributed by atoms with Gasteiger partial charge in [-0.25, -0.2) is 13.8 Å². The smallest absolute Gasteiger partial charge is 0.411 e. The Bertz CT molecular complexity index is 1520. The van der Waals surface area contributed by atoms with Gasteiger partial charge in [0, 0.05) is 18.8 Å². The third kappa shape index (κ3) is 6.51. The maximum atomic E-state index is 13.5. The number of carbonyl (C=O) groups excluding carboxylic acids is 1. The molecule has 1 spiro atoms. The molecular weight excluding hydrogens is 615 g/mol. The highest BCUT2D eigenvalue weighted by Crippen LogP contribution is 2.52. The first kappa shape index (κ1) is 35.4. The number of hydrogen-bond acceptors (Lipinski definition) is 10. The van der Waals surface area contributed by atoms with E-state index in [4.69, 9.17) is 22.5 Å². The van der Waals surface area contributed by atoms with Gasteiger partial charge < -0.3 is 18.3 Å². The number of ether oxygens (including phenoxy) is 2. The zero-order valence-corrected chi connectivity index (χ0v) is 30.3. The van der Waals surface area contributed by atoms with E-state index in [0.717, 1.165) is 17.1 Å². The fraction of sp³-hybridized carbons (Fsp3) is 0.741. The normalized spacial score (nSPS) is 26.1. The van der Waals surface area contributed by atoms with E-state index in [9.17, 15) is 22.8 Å². The first-order valence-electron chi connectivity index (χ1n) is 14.1. The van der Waals surface area contributed by atoms with Crippen molar-refractivity contribution in [1.29, 1.82) is 0 Å². The van der Waals surface area contributed by atoms with Gasteiger partial charge in [-0.05, 0) is 43.2 Å². The van der Waals surface area contributed by atoms with Gasteiger partial charge in [0.2, 0.25) is 0 Å². The second-order valence-electron chi connectivity index (χ2n) is 14.3. The SMILES string of the molecule is COC(=O)NC1=CS(=O)(=O)O[C@@]12[C@@H](CO[Si](C)(C)C(C)(C)C)O[C@@H](n1cc(C)c(=O)n(C)c1=O)[C@@H]2O[Si](C)(C)C(C)(C)C. The summed E-state index contributed by atoms with van der Waals surface area (Å²) in [5, 5.41) is 2.76. The molecule has 2 aliphatic heterocycles. The zero-order valence-electron chi connectivity index (χ0n) is 27.5. The number of nitrogens with zero attached hydrogens (tertiary/aromatic N) is 2. The molecule has 244 valence electrons. The topological polar surface area (TPSA) is 153 Å². The molecule has 0 aliphatic carbocycles. The number of alkyl carbamates (subject to hydrolysis) is 1. The van der Waals surface area contributed by atoms with Crippen LogP contribution < -0.4 is 16.6 Å². The summed E-state index contributed by atoms with van der Waals surface area (Å²) in [6, 6.07) is 0. The van der Waals surface area contributed by atoms with Gasteiger partial charge in [-0.1, -0.05) is 41.5 Å². The van der Waals surface area contributed by atoms with Crippen molar-refractivity contribution in [2.45, 2.75) is 109 Å². The number of nitrogens with one attached hydrogen (secondary N) is 1. The lowest BCUT2D eigenvalue weighted by Gasteiger charge is -2.44. The fourth-order valence-electron chi connectivity index (χ4n) is 4.49. The van der Waals surface area contributed by atoms with E-state index in [2.05, 4.69) is 26.1 Å².